The van der Waals surface area contributed by atoms with Gasteiger partial charge in [-0.05, 0) is 41.5 Å². The van der Waals surface area contributed by atoms with E-state index < -0.39 is 0 Å². The molecule has 0 saturated heterocycles. The van der Waals surface area contributed by atoms with Crippen LogP contribution in [0.2, 0.25) is 0 Å². The second-order valence-electron chi connectivity index (χ2n) is 3.78. The molecular formula is C13H17N. The van der Waals surface area contributed by atoms with Gasteiger partial charge in [-0.25, -0.2) is 0 Å². The molecule has 0 unspecified atom stereocenters. The molecule has 0 saturated carbocycles. The third-order valence-corrected chi connectivity index (χ3v) is 2.96. The fourth-order valence-corrected chi connectivity index (χ4v) is 2.27. The smallest absolute Gasteiger partial charge is 0.0184 e. The van der Waals surface area contributed by atoms with E-state index in [1.165, 1.54) is 35.1 Å². The van der Waals surface area contributed by atoms with Gasteiger partial charge in [-0.2, -0.15) is 0 Å². The van der Waals surface area contributed by atoms with Gasteiger partial charge < -0.3 is 5.73 Å². The van der Waals surface area contributed by atoms with E-state index in [1.54, 1.807) is 0 Å². The van der Waals surface area contributed by atoms with Gasteiger partial charge in [0.25, 0.3) is 0 Å². The molecule has 2 rings (SSSR count). The molecule has 1 aromatic carbocycles. The van der Waals surface area contributed by atoms with E-state index in [1.807, 2.05) is 0 Å². The van der Waals surface area contributed by atoms with Gasteiger partial charge in [0.1, 0.15) is 0 Å². The fourth-order valence-electron chi connectivity index (χ4n) is 2.27. The van der Waals surface area contributed by atoms with Crippen molar-refractivity contribution in [3.8, 4) is 0 Å². The molecule has 0 radical (unpaired) electrons. The van der Waals surface area contributed by atoms with Crippen LogP contribution in [0.4, 0.5) is 0 Å². The molecule has 0 fully saturated rings. The van der Waals surface area contributed by atoms with Crippen molar-refractivity contribution in [1.82, 2.24) is 0 Å². The lowest BCUT2D eigenvalue weighted by molar-refractivity contribution is 0.941. The van der Waals surface area contributed by atoms with Gasteiger partial charge in [0.05, 0.1) is 0 Å². The summed E-state index contributed by atoms with van der Waals surface area (Å²) in [4.78, 5) is 0. The summed E-state index contributed by atoms with van der Waals surface area (Å²) in [5, 5.41) is 0. The van der Waals surface area contributed by atoms with Crippen molar-refractivity contribution in [3.63, 3.8) is 0 Å². The maximum Gasteiger partial charge on any atom is 0.0184 e. The lowest BCUT2D eigenvalue weighted by atomic mass is 9.86. The second kappa shape index (κ2) is 3.97. The average molecular weight is 187 g/mol. The van der Waals surface area contributed by atoms with Crippen LogP contribution in [0.25, 0.3) is 5.57 Å². The fraction of sp³-hybridized carbons (Fsp3) is 0.385. The van der Waals surface area contributed by atoms with E-state index in [2.05, 4.69) is 31.2 Å². The first-order valence-corrected chi connectivity index (χ1v) is 5.37. The number of allylic oxidation sites excluding steroid dienone is 2. The first kappa shape index (κ1) is 9.47. The highest BCUT2D eigenvalue weighted by Crippen LogP contribution is 2.31. The van der Waals surface area contributed by atoms with Crippen molar-refractivity contribution in [3.05, 3.63) is 41.0 Å². The van der Waals surface area contributed by atoms with E-state index in [-0.39, 0.29) is 0 Å². The maximum absolute atomic E-state index is 5.76. The Hall–Kier alpha value is -1.08. The number of nitrogens with two attached hydrogens (primary N) is 1. The number of hydrogen-bond donors (Lipinski definition) is 1. The zero-order chi connectivity index (χ0) is 9.97. The highest BCUT2D eigenvalue weighted by molar-refractivity contribution is 5.72. The average Bonchev–Trinajstić information content (AvgIpc) is 2.27. The monoisotopic (exact) mass is 187 g/mol. The van der Waals surface area contributed by atoms with E-state index in [4.69, 9.17) is 5.73 Å². The number of benzene rings is 1. The zero-order valence-corrected chi connectivity index (χ0v) is 8.72. The highest BCUT2D eigenvalue weighted by atomic mass is 14.5. The summed E-state index contributed by atoms with van der Waals surface area (Å²) in [6.07, 6.45) is 5.84. The summed E-state index contributed by atoms with van der Waals surface area (Å²) < 4.78 is 0. The van der Waals surface area contributed by atoms with Crippen LogP contribution in [0.1, 0.15) is 36.5 Å². The molecule has 1 nitrogen and oxygen atoms in total. The van der Waals surface area contributed by atoms with Crippen molar-refractivity contribution < 1.29 is 0 Å². The zero-order valence-electron chi connectivity index (χ0n) is 8.72. The molecule has 74 valence electrons. The van der Waals surface area contributed by atoms with Gasteiger partial charge in [-0.1, -0.05) is 31.2 Å². The van der Waals surface area contributed by atoms with Gasteiger partial charge in [0, 0.05) is 6.54 Å². The summed E-state index contributed by atoms with van der Waals surface area (Å²) in [6, 6.07) is 6.50. The van der Waals surface area contributed by atoms with Crippen LogP contribution in [0, 0.1) is 0 Å². The predicted molar refractivity (Wildman–Crippen MR) is 60.9 cm³/mol. The highest BCUT2D eigenvalue weighted by Gasteiger charge is 2.13. The van der Waals surface area contributed by atoms with Crippen molar-refractivity contribution in [1.29, 1.82) is 0 Å². The lowest BCUT2D eigenvalue weighted by Gasteiger charge is -2.19. The molecule has 0 heterocycles. The number of aryl methyl sites for hydroxylation is 1. The van der Waals surface area contributed by atoms with Gasteiger partial charge in [-0.15, -0.1) is 0 Å². The standard InChI is InChI=1S/C13H17N/c1-2-10-5-3-6-11-7-4-8-12(9-14)13(10)11/h4-5,7-8H,2-3,6,9,14H2,1H3. The molecule has 1 aliphatic carbocycles. The molecular weight excluding hydrogens is 170 g/mol. The van der Waals surface area contributed by atoms with E-state index in [0.29, 0.717) is 6.54 Å². The van der Waals surface area contributed by atoms with Crippen LogP contribution < -0.4 is 5.73 Å². The molecule has 0 spiro atoms. The van der Waals surface area contributed by atoms with Crippen LogP contribution in [0.15, 0.2) is 24.3 Å². The molecule has 0 bridgehead atoms. The quantitative estimate of drug-likeness (QED) is 0.757. The summed E-state index contributed by atoms with van der Waals surface area (Å²) >= 11 is 0. The molecule has 2 N–H and O–H groups in total. The first-order valence-electron chi connectivity index (χ1n) is 5.37. The Balaban J connectivity index is 2.55. The third kappa shape index (κ3) is 1.48. The maximum atomic E-state index is 5.76. The molecule has 14 heavy (non-hydrogen) atoms. The van der Waals surface area contributed by atoms with Gasteiger partial charge in [0.2, 0.25) is 0 Å². The molecule has 0 atom stereocenters. The van der Waals surface area contributed by atoms with Crippen LogP contribution in [-0.2, 0) is 13.0 Å². The van der Waals surface area contributed by atoms with E-state index in [0.717, 1.165) is 6.42 Å². The SMILES string of the molecule is CCC1=CCCc2cccc(CN)c21. The van der Waals surface area contributed by atoms with E-state index in [9.17, 15) is 0 Å². The Morgan fingerprint density at radius 3 is 2.93 bits per heavy atom. The van der Waals surface area contributed by atoms with Gasteiger partial charge in [-0.3, -0.25) is 0 Å². The topological polar surface area (TPSA) is 26.0 Å². The summed E-state index contributed by atoms with van der Waals surface area (Å²) in [6.45, 7) is 2.87. The predicted octanol–water partition coefficient (Wildman–Crippen LogP) is 2.88. The Kier molecular flexibility index (Phi) is 2.69. The van der Waals surface area contributed by atoms with Gasteiger partial charge in [0.15, 0.2) is 0 Å². The van der Waals surface area contributed by atoms with Crippen molar-refractivity contribution in [2.24, 2.45) is 5.73 Å². The summed E-state index contributed by atoms with van der Waals surface area (Å²) in [7, 11) is 0. The largest absolute Gasteiger partial charge is 0.326 e. The van der Waals surface area contributed by atoms with E-state index >= 15 is 0 Å². The summed E-state index contributed by atoms with van der Waals surface area (Å²) in [5.74, 6) is 0. The minimum atomic E-state index is 0.653. The first-order chi connectivity index (χ1) is 6.86. The van der Waals surface area contributed by atoms with Crippen LogP contribution in [0.5, 0.6) is 0 Å². The molecule has 1 aliphatic rings. The van der Waals surface area contributed by atoms with Crippen molar-refractivity contribution in [2.45, 2.75) is 32.7 Å². The Morgan fingerprint density at radius 2 is 2.21 bits per heavy atom. The van der Waals surface area contributed by atoms with Gasteiger partial charge >= 0.3 is 0 Å². The molecule has 0 aromatic heterocycles. The number of fused-ring (bicyclic) bond motifs is 1. The normalized spacial score (nSPS) is 14.9. The van der Waals surface area contributed by atoms with Crippen LogP contribution >= 0.6 is 0 Å². The molecule has 1 heteroatoms. The minimum absolute atomic E-state index is 0.653. The number of rotatable bonds is 2. The molecule has 0 aliphatic heterocycles. The van der Waals surface area contributed by atoms with Crippen molar-refractivity contribution in [2.75, 3.05) is 0 Å². The minimum Gasteiger partial charge on any atom is -0.326 e. The number of hydrogen-bond acceptors (Lipinski definition) is 1. The third-order valence-electron chi connectivity index (χ3n) is 2.96. The second-order valence-corrected chi connectivity index (χ2v) is 3.78. The lowest BCUT2D eigenvalue weighted by Crippen LogP contribution is -2.07. The van der Waals surface area contributed by atoms with Crippen LogP contribution in [-0.4, -0.2) is 0 Å². The Bertz CT molecular complexity index is 363. The van der Waals surface area contributed by atoms with Crippen LogP contribution in [0.3, 0.4) is 0 Å². The molecule has 1 aromatic rings. The Morgan fingerprint density at radius 1 is 1.36 bits per heavy atom. The summed E-state index contributed by atoms with van der Waals surface area (Å²) in [5.41, 5.74) is 11.5. The molecule has 0 amide bonds. The van der Waals surface area contributed by atoms with Crippen molar-refractivity contribution >= 4 is 5.57 Å². The Labute approximate surface area is 85.6 Å².